The smallest absolute Gasteiger partial charge is 0.191 e. The fourth-order valence-corrected chi connectivity index (χ4v) is 1.79. The van der Waals surface area contributed by atoms with Crippen LogP contribution in [0.1, 0.15) is 33.3 Å². The highest BCUT2D eigenvalue weighted by Crippen LogP contribution is 2.12. The fourth-order valence-electron chi connectivity index (χ4n) is 1.79. The molecule has 0 aliphatic heterocycles. The van der Waals surface area contributed by atoms with E-state index >= 15 is 0 Å². The summed E-state index contributed by atoms with van der Waals surface area (Å²) in [7, 11) is 1.69. The van der Waals surface area contributed by atoms with Gasteiger partial charge in [0.1, 0.15) is 5.75 Å². The van der Waals surface area contributed by atoms with Crippen LogP contribution in [0.25, 0.3) is 0 Å². The monoisotopic (exact) mass is 277 g/mol. The van der Waals surface area contributed by atoms with Crippen LogP contribution in [-0.4, -0.2) is 31.7 Å². The molecule has 1 rings (SSSR count). The predicted octanol–water partition coefficient (Wildman–Crippen LogP) is 2.59. The normalized spacial score (nSPS) is 12.2. The SMILES string of the molecule is CCNC(=NCCc1cccc(OC)c1)NC(C)(C)C. The van der Waals surface area contributed by atoms with E-state index in [0.29, 0.717) is 0 Å². The van der Waals surface area contributed by atoms with Gasteiger partial charge in [-0.15, -0.1) is 0 Å². The van der Waals surface area contributed by atoms with Crippen molar-refractivity contribution in [2.75, 3.05) is 20.2 Å². The van der Waals surface area contributed by atoms with Gasteiger partial charge in [0, 0.05) is 18.6 Å². The summed E-state index contributed by atoms with van der Waals surface area (Å²) < 4.78 is 5.23. The molecule has 1 aromatic carbocycles. The van der Waals surface area contributed by atoms with Crippen molar-refractivity contribution in [1.82, 2.24) is 10.6 Å². The highest BCUT2D eigenvalue weighted by Gasteiger charge is 2.11. The number of aliphatic imine (C=N–C) groups is 1. The van der Waals surface area contributed by atoms with Crippen LogP contribution >= 0.6 is 0 Å². The molecule has 0 saturated heterocycles. The zero-order chi connectivity index (χ0) is 15.0. The molecular weight excluding hydrogens is 250 g/mol. The fraction of sp³-hybridized carbons (Fsp3) is 0.562. The van der Waals surface area contributed by atoms with Crippen molar-refractivity contribution in [1.29, 1.82) is 0 Å². The van der Waals surface area contributed by atoms with Crippen molar-refractivity contribution in [2.45, 2.75) is 39.7 Å². The van der Waals surface area contributed by atoms with Crippen molar-refractivity contribution >= 4 is 5.96 Å². The second-order valence-corrected chi connectivity index (χ2v) is 5.74. The van der Waals surface area contributed by atoms with E-state index < -0.39 is 0 Å². The van der Waals surface area contributed by atoms with Gasteiger partial charge in [-0.2, -0.15) is 0 Å². The minimum absolute atomic E-state index is 0.0109. The molecule has 0 radical (unpaired) electrons. The maximum atomic E-state index is 5.23. The van der Waals surface area contributed by atoms with Crippen LogP contribution in [0.15, 0.2) is 29.3 Å². The van der Waals surface area contributed by atoms with Gasteiger partial charge in [0.15, 0.2) is 5.96 Å². The molecule has 0 fully saturated rings. The lowest BCUT2D eigenvalue weighted by Crippen LogP contribution is -2.47. The number of methoxy groups -OCH3 is 1. The minimum atomic E-state index is 0.0109. The van der Waals surface area contributed by atoms with Gasteiger partial charge in [-0.3, -0.25) is 4.99 Å². The summed E-state index contributed by atoms with van der Waals surface area (Å²) in [4.78, 5) is 4.60. The van der Waals surface area contributed by atoms with Gasteiger partial charge in [-0.1, -0.05) is 12.1 Å². The summed E-state index contributed by atoms with van der Waals surface area (Å²) in [6.07, 6.45) is 0.901. The predicted molar refractivity (Wildman–Crippen MR) is 85.6 cm³/mol. The topological polar surface area (TPSA) is 45.7 Å². The van der Waals surface area contributed by atoms with Gasteiger partial charge in [0.2, 0.25) is 0 Å². The largest absolute Gasteiger partial charge is 0.497 e. The summed E-state index contributed by atoms with van der Waals surface area (Å²) in [5, 5.41) is 6.64. The van der Waals surface area contributed by atoms with Crippen LogP contribution in [0.4, 0.5) is 0 Å². The first-order valence-corrected chi connectivity index (χ1v) is 7.14. The molecule has 112 valence electrons. The van der Waals surface area contributed by atoms with Crippen molar-refractivity contribution in [3.8, 4) is 5.75 Å². The minimum Gasteiger partial charge on any atom is -0.497 e. The van der Waals surface area contributed by atoms with E-state index in [2.05, 4.69) is 55.5 Å². The Hall–Kier alpha value is -1.71. The van der Waals surface area contributed by atoms with E-state index in [1.54, 1.807) is 7.11 Å². The van der Waals surface area contributed by atoms with Gasteiger partial charge in [0.25, 0.3) is 0 Å². The van der Waals surface area contributed by atoms with E-state index in [1.807, 2.05) is 12.1 Å². The first-order chi connectivity index (χ1) is 9.44. The van der Waals surface area contributed by atoms with Gasteiger partial charge in [-0.25, -0.2) is 0 Å². The Balaban J connectivity index is 2.58. The van der Waals surface area contributed by atoms with Gasteiger partial charge in [-0.05, 0) is 51.8 Å². The molecule has 0 amide bonds. The van der Waals surface area contributed by atoms with E-state index in [0.717, 1.165) is 31.2 Å². The Morgan fingerprint density at radius 2 is 2.05 bits per heavy atom. The highest BCUT2D eigenvalue weighted by atomic mass is 16.5. The number of hydrogen-bond donors (Lipinski definition) is 2. The third-order valence-electron chi connectivity index (χ3n) is 2.64. The molecule has 0 aromatic heterocycles. The van der Waals surface area contributed by atoms with Crippen LogP contribution in [0.2, 0.25) is 0 Å². The number of guanidine groups is 1. The molecule has 4 heteroatoms. The molecule has 20 heavy (non-hydrogen) atoms. The zero-order valence-corrected chi connectivity index (χ0v) is 13.3. The third kappa shape index (κ3) is 6.45. The van der Waals surface area contributed by atoms with Crippen molar-refractivity contribution < 1.29 is 4.74 Å². The maximum Gasteiger partial charge on any atom is 0.191 e. The summed E-state index contributed by atoms with van der Waals surface area (Å²) in [5.74, 6) is 1.76. The Labute approximate surface area is 122 Å². The van der Waals surface area contributed by atoms with Gasteiger partial charge in [0.05, 0.1) is 7.11 Å². The Morgan fingerprint density at radius 1 is 1.30 bits per heavy atom. The van der Waals surface area contributed by atoms with Crippen molar-refractivity contribution in [3.63, 3.8) is 0 Å². The highest BCUT2D eigenvalue weighted by molar-refractivity contribution is 5.80. The number of hydrogen-bond acceptors (Lipinski definition) is 2. The summed E-state index contributed by atoms with van der Waals surface area (Å²) in [6, 6.07) is 8.12. The lowest BCUT2D eigenvalue weighted by atomic mass is 10.1. The van der Waals surface area contributed by atoms with Crippen molar-refractivity contribution in [2.24, 2.45) is 4.99 Å². The summed E-state index contributed by atoms with van der Waals surface area (Å²) >= 11 is 0. The van der Waals surface area contributed by atoms with E-state index in [4.69, 9.17) is 4.74 Å². The van der Waals surface area contributed by atoms with Crippen LogP contribution < -0.4 is 15.4 Å². The Kier molecular flexibility index (Phi) is 6.36. The number of nitrogens with zero attached hydrogens (tertiary/aromatic N) is 1. The number of benzene rings is 1. The molecule has 0 atom stereocenters. The molecule has 0 spiro atoms. The lowest BCUT2D eigenvalue weighted by molar-refractivity contribution is 0.414. The third-order valence-corrected chi connectivity index (χ3v) is 2.64. The molecule has 0 unspecified atom stereocenters. The maximum absolute atomic E-state index is 5.23. The van der Waals surface area contributed by atoms with Crippen LogP contribution in [0, 0.1) is 0 Å². The van der Waals surface area contributed by atoms with Crippen LogP contribution in [-0.2, 0) is 6.42 Å². The molecule has 0 heterocycles. The molecule has 1 aromatic rings. The summed E-state index contributed by atoms with van der Waals surface area (Å²) in [5.41, 5.74) is 1.25. The number of rotatable bonds is 5. The molecule has 0 aliphatic rings. The molecule has 0 bridgehead atoms. The Morgan fingerprint density at radius 3 is 2.65 bits per heavy atom. The molecular formula is C16H27N3O. The second kappa shape index (κ2) is 7.78. The molecule has 2 N–H and O–H groups in total. The van der Waals surface area contributed by atoms with Gasteiger partial charge >= 0.3 is 0 Å². The lowest BCUT2D eigenvalue weighted by Gasteiger charge is -2.23. The first kappa shape index (κ1) is 16.3. The molecule has 0 aliphatic carbocycles. The Bertz CT molecular complexity index is 436. The van der Waals surface area contributed by atoms with E-state index in [1.165, 1.54) is 5.56 Å². The first-order valence-electron chi connectivity index (χ1n) is 7.14. The van der Waals surface area contributed by atoms with Crippen LogP contribution in [0.5, 0.6) is 5.75 Å². The standard InChI is InChI=1S/C16H27N3O/c1-6-17-15(19-16(2,3)4)18-11-10-13-8-7-9-14(12-13)20-5/h7-9,12H,6,10-11H2,1-5H3,(H2,17,18,19). The quantitative estimate of drug-likeness (QED) is 0.642. The van der Waals surface area contributed by atoms with Crippen molar-refractivity contribution in [3.05, 3.63) is 29.8 Å². The average Bonchev–Trinajstić information content (AvgIpc) is 2.37. The number of nitrogens with one attached hydrogen (secondary N) is 2. The molecule has 4 nitrogen and oxygen atoms in total. The average molecular weight is 277 g/mol. The van der Waals surface area contributed by atoms with E-state index in [9.17, 15) is 0 Å². The zero-order valence-electron chi connectivity index (χ0n) is 13.3. The number of ether oxygens (including phenoxy) is 1. The second-order valence-electron chi connectivity index (χ2n) is 5.74. The summed E-state index contributed by atoms with van der Waals surface area (Å²) in [6.45, 7) is 10.1. The van der Waals surface area contributed by atoms with Gasteiger partial charge < -0.3 is 15.4 Å². The van der Waals surface area contributed by atoms with E-state index in [-0.39, 0.29) is 5.54 Å². The van der Waals surface area contributed by atoms with Crippen LogP contribution in [0.3, 0.4) is 0 Å². The molecule has 0 saturated carbocycles.